The van der Waals surface area contributed by atoms with Crippen LogP contribution in [0.25, 0.3) is 0 Å². The summed E-state index contributed by atoms with van der Waals surface area (Å²) in [7, 11) is 0. The van der Waals surface area contributed by atoms with Gasteiger partial charge in [0.2, 0.25) is 11.8 Å². The average Bonchev–Trinajstić information content (AvgIpc) is 3.58. The SMILES string of the molecule is Cc1ccccc1C(=O)N(CC(=O)Nc1nc(CC(=O)NCCc2ccccc2)cs1)C1CC1. The molecule has 0 bridgehead atoms. The average molecular weight is 477 g/mol. The van der Waals surface area contributed by atoms with Crippen molar-refractivity contribution in [1.29, 1.82) is 0 Å². The standard InChI is InChI=1S/C26H28N4O3S/c1-18-7-5-6-10-22(18)25(33)30(21-11-12-21)16-24(32)29-26-28-20(17-34-26)15-23(31)27-14-13-19-8-3-2-4-9-19/h2-10,17,21H,11-16H2,1H3,(H,27,31)(H,28,29,32). The van der Waals surface area contributed by atoms with Gasteiger partial charge in [-0.15, -0.1) is 11.3 Å². The van der Waals surface area contributed by atoms with Gasteiger partial charge in [-0.25, -0.2) is 4.98 Å². The highest BCUT2D eigenvalue weighted by atomic mass is 32.1. The van der Waals surface area contributed by atoms with Crippen LogP contribution < -0.4 is 10.6 Å². The fourth-order valence-corrected chi connectivity index (χ4v) is 4.42. The monoisotopic (exact) mass is 476 g/mol. The van der Waals surface area contributed by atoms with E-state index in [1.54, 1.807) is 16.3 Å². The topological polar surface area (TPSA) is 91.4 Å². The maximum atomic E-state index is 13.0. The largest absolute Gasteiger partial charge is 0.355 e. The zero-order valence-electron chi connectivity index (χ0n) is 19.1. The van der Waals surface area contributed by atoms with E-state index in [9.17, 15) is 14.4 Å². The lowest BCUT2D eigenvalue weighted by atomic mass is 10.1. The lowest BCUT2D eigenvalue weighted by Crippen LogP contribution is -2.39. The Bertz CT molecular complexity index is 1160. The van der Waals surface area contributed by atoms with Crippen LogP contribution in [0.15, 0.2) is 60.0 Å². The third-order valence-electron chi connectivity index (χ3n) is 5.66. The second-order valence-corrected chi connectivity index (χ2v) is 9.29. The van der Waals surface area contributed by atoms with Crippen LogP contribution in [-0.2, 0) is 22.4 Å². The Kier molecular flexibility index (Phi) is 7.69. The first-order chi connectivity index (χ1) is 16.5. The lowest BCUT2D eigenvalue weighted by Gasteiger charge is -2.22. The number of nitrogens with zero attached hydrogens (tertiary/aromatic N) is 2. The molecule has 2 aromatic carbocycles. The van der Waals surface area contributed by atoms with Crippen molar-refractivity contribution < 1.29 is 14.4 Å². The number of benzene rings is 2. The van der Waals surface area contributed by atoms with Crippen LogP contribution in [-0.4, -0.2) is 46.7 Å². The third kappa shape index (κ3) is 6.51. The molecular weight excluding hydrogens is 448 g/mol. The smallest absolute Gasteiger partial charge is 0.254 e. The van der Waals surface area contributed by atoms with Crippen LogP contribution in [0.4, 0.5) is 5.13 Å². The number of aromatic nitrogens is 1. The summed E-state index contributed by atoms with van der Waals surface area (Å²) in [6, 6.07) is 17.5. The highest BCUT2D eigenvalue weighted by molar-refractivity contribution is 7.13. The van der Waals surface area contributed by atoms with Crippen LogP contribution >= 0.6 is 11.3 Å². The molecule has 1 aliphatic carbocycles. The van der Waals surface area contributed by atoms with E-state index in [2.05, 4.69) is 15.6 Å². The molecular formula is C26H28N4O3S. The summed E-state index contributed by atoms with van der Waals surface area (Å²) in [5, 5.41) is 7.87. The van der Waals surface area contributed by atoms with E-state index in [-0.39, 0.29) is 36.7 Å². The van der Waals surface area contributed by atoms with Gasteiger partial charge in [-0.3, -0.25) is 14.4 Å². The highest BCUT2D eigenvalue weighted by Crippen LogP contribution is 2.29. The molecule has 4 rings (SSSR count). The molecule has 8 heteroatoms. The van der Waals surface area contributed by atoms with E-state index < -0.39 is 0 Å². The zero-order chi connectivity index (χ0) is 23.9. The molecule has 2 N–H and O–H groups in total. The van der Waals surface area contributed by atoms with Crippen molar-refractivity contribution in [2.24, 2.45) is 0 Å². The Labute approximate surface area is 203 Å². The van der Waals surface area contributed by atoms with Gasteiger partial charge in [0, 0.05) is 23.5 Å². The van der Waals surface area contributed by atoms with Crippen LogP contribution in [0.1, 0.15) is 40.0 Å². The van der Waals surface area contributed by atoms with Crippen molar-refractivity contribution in [2.75, 3.05) is 18.4 Å². The van der Waals surface area contributed by atoms with E-state index in [0.717, 1.165) is 24.8 Å². The van der Waals surface area contributed by atoms with E-state index in [4.69, 9.17) is 0 Å². The minimum atomic E-state index is -0.290. The minimum Gasteiger partial charge on any atom is -0.355 e. The summed E-state index contributed by atoms with van der Waals surface area (Å²) in [6.45, 7) is 2.43. The van der Waals surface area contributed by atoms with Crippen molar-refractivity contribution >= 4 is 34.2 Å². The number of hydrogen-bond donors (Lipinski definition) is 2. The van der Waals surface area contributed by atoms with Gasteiger partial charge in [0.1, 0.15) is 6.54 Å². The van der Waals surface area contributed by atoms with Crippen LogP contribution in [0, 0.1) is 6.92 Å². The molecule has 7 nitrogen and oxygen atoms in total. The second kappa shape index (κ2) is 11.1. The number of anilines is 1. The number of rotatable bonds is 10. The van der Waals surface area contributed by atoms with Crippen molar-refractivity contribution in [3.8, 4) is 0 Å². The Morgan fingerprint density at radius 3 is 2.50 bits per heavy atom. The molecule has 0 saturated heterocycles. The van der Waals surface area contributed by atoms with Gasteiger partial charge in [-0.2, -0.15) is 0 Å². The van der Waals surface area contributed by atoms with Gasteiger partial charge in [0.05, 0.1) is 12.1 Å². The summed E-state index contributed by atoms with van der Waals surface area (Å²) >= 11 is 1.27. The first-order valence-electron chi connectivity index (χ1n) is 11.4. The molecule has 1 aliphatic rings. The first-order valence-corrected chi connectivity index (χ1v) is 12.3. The molecule has 176 valence electrons. The predicted octanol–water partition coefficient (Wildman–Crippen LogP) is 3.60. The minimum absolute atomic E-state index is 0.0211. The Morgan fingerprint density at radius 2 is 1.76 bits per heavy atom. The van der Waals surface area contributed by atoms with Gasteiger partial charge in [-0.1, -0.05) is 48.5 Å². The van der Waals surface area contributed by atoms with Crippen molar-refractivity contribution in [3.63, 3.8) is 0 Å². The predicted molar refractivity (Wildman–Crippen MR) is 133 cm³/mol. The summed E-state index contributed by atoms with van der Waals surface area (Å²) in [4.78, 5) is 43.9. The second-order valence-electron chi connectivity index (χ2n) is 8.43. The zero-order valence-corrected chi connectivity index (χ0v) is 19.9. The number of carbonyl (C=O) groups is 3. The lowest BCUT2D eigenvalue weighted by molar-refractivity contribution is -0.120. The summed E-state index contributed by atoms with van der Waals surface area (Å²) in [5.74, 6) is -0.521. The van der Waals surface area contributed by atoms with E-state index in [1.165, 1.54) is 16.9 Å². The van der Waals surface area contributed by atoms with Crippen molar-refractivity contribution in [2.45, 2.75) is 38.6 Å². The van der Waals surface area contributed by atoms with Crippen LogP contribution in [0.2, 0.25) is 0 Å². The molecule has 1 aromatic heterocycles. The third-order valence-corrected chi connectivity index (χ3v) is 6.46. The van der Waals surface area contributed by atoms with Crippen LogP contribution in [0.5, 0.6) is 0 Å². The van der Waals surface area contributed by atoms with Crippen molar-refractivity contribution in [1.82, 2.24) is 15.2 Å². The Balaban J connectivity index is 1.26. The molecule has 0 unspecified atom stereocenters. The maximum absolute atomic E-state index is 13.0. The Hall–Kier alpha value is -3.52. The normalized spacial score (nSPS) is 12.7. The number of hydrogen-bond acceptors (Lipinski definition) is 5. The number of thiazole rings is 1. The fourth-order valence-electron chi connectivity index (χ4n) is 3.70. The maximum Gasteiger partial charge on any atom is 0.254 e. The van der Waals surface area contributed by atoms with Gasteiger partial charge in [0.25, 0.3) is 5.91 Å². The fraction of sp³-hybridized carbons (Fsp3) is 0.308. The van der Waals surface area contributed by atoms with Gasteiger partial charge < -0.3 is 15.5 Å². The molecule has 3 aromatic rings. The molecule has 1 heterocycles. The van der Waals surface area contributed by atoms with Crippen molar-refractivity contribution in [3.05, 3.63) is 82.4 Å². The number of nitrogens with one attached hydrogen (secondary N) is 2. The van der Waals surface area contributed by atoms with Gasteiger partial charge >= 0.3 is 0 Å². The highest BCUT2D eigenvalue weighted by Gasteiger charge is 2.34. The van der Waals surface area contributed by atoms with Gasteiger partial charge in [0.15, 0.2) is 5.13 Å². The molecule has 1 fully saturated rings. The molecule has 34 heavy (non-hydrogen) atoms. The van der Waals surface area contributed by atoms with E-state index >= 15 is 0 Å². The quantitative estimate of drug-likeness (QED) is 0.468. The van der Waals surface area contributed by atoms with E-state index in [1.807, 2.05) is 55.5 Å². The molecule has 0 radical (unpaired) electrons. The Morgan fingerprint density at radius 1 is 1.03 bits per heavy atom. The van der Waals surface area contributed by atoms with Crippen LogP contribution in [0.3, 0.4) is 0 Å². The summed E-state index contributed by atoms with van der Waals surface area (Å²) < 4.78 is 0. The molecule has 1 saturated carbocycles. The van der Waals surface area contributed by atoms with E-state index in [0.29, 0.717) is 22.9 Å². The molecule has 0 spiro atoms. The summed E-state index contributed by atoms with van der Waals surface area (Å²) in [6.07, 6.45) is 2.74. The molecule has 0 aliphatic heterocycles. The first kappa shape index (κ1) is 23.6. The molecule has 3 amide bonds. The van der Waals surface area contributed by atoms with Gasteiger partial charge in [-0.05, 0) is 43.4 Å². The number of aryl methyl sites for hydroxylation is 1. The number of amides is 3. The molecule has 0 atom stereocenters. The summed E-state index contributed by atoms with van der Waals surface area (Å²) in [5.41, 5.74) is 3.29. The number of carbonyl (C=O) groups excluding carboxylic acids is 3.